The minimum Gasteiger partial charge on any atom is -0.468 e. The Kier molecular flexibility index (Phi) is 7.15. The number of halogens is 1. The van der Waals surface area contributed by atoms with Crippen LogP contribution in [0.25, 0.3) is 5.69 Å². The van der Waals surface area contributed by atoms with Crippen LogP contribution in [0.2, 0.25) is 5.02 Å². The van der Waals surface area contributed by atoms with Crippen LogP contribution < -0.4 is 0 Å². The van der Waals surface area contributed by atoms with Gasteiger partial charge in [-0.25, -0.2) is 9.97 Å². The first-order valence-corrected chi connectivity index (χ1v) is 11.0. The number of ether oxygens (including phenoxy) is 1. The van der Waals surface area contributed by atoms with Gasteiger partial charge in [0.25, 0.3) is 0 Å². The van der Waals surface area contributed by atoms with Crippen molar-refractivity contribution in [3.05, 3.63) is 52.6 Å². The summed E-state index contributed by atoms with van der Waals surface area (Å²) in [5.41, 5.74) is 2.69. The van der Waals surface area contributed by atoms with E-state index < -0.39 is 5.25 Å². The third-order valence-corrected chi connectivity index (χ3v) is 6.01. The average molecular weight is 450 g/mol. The predicted molar refractivity (Wildman–Crippen MR) is 115 cm³/mol. The van der Waals surface area contributed by atoms with E-state index in [2.05, 4.69) is 20.2 Å². The van der Waals surface area contributed by atoms with Gasteiger partial charge in [0, 0.05) is 22.1 Å². The number of carbonyl (C=O) groups is 1. The van der Waals surface area contributed by atoms with Gasteiger partial charge in [0.2, 0.25) is 0 Å². The summed E-state index contributed by atoms with van der Waals surface area (Å²) in [5.74, 6) is 0.922. The molecule has 10 heteroatoms. The number of benzene rings is 1. The van der Waals surface area contributed by atoms with E-state index in [0.29, 0.717) is 21.1 Å². The highest BCUT2D eigenvalue weighted by atomic mass is 35.5. The molecule has 2 heterocycles. The molecule has 0 aliphatic heterocycles. The fourth-order valence-electron chi connectivity index (χ4n) is 2.58. The summed E-state index contributed by atoms with van der Waals surface area (Å²) in [6.07, 6.45) is 0. The summed E-state index contributed by atoms with van der Waals surface area (Å²) in [6.45, 7) is 5.66. The van der Waals surface area contributed by atoms with Gasteiger partial charge in [-0.1, -0.05) is 35.1 Å². The molecule has 1 atom stereocenters. The fraction of sp³-hybridized carbons (Fsp3) is 0.316. The first-order chi connectivity index (χ1) is 13.9. The topological polar surface area (TPSA) is 82.8 Å². The second-order valence-electron chi connectivity index (χ2n) is 6.22. The number of esters is 1. The fourth-order valence-corrected chi connectivity index (χ4v) is 4.48. The molecule has 0 radical (unpaired) electrons. The van der Waals surface area contributed by atoms with Crippen molar-refractivity contribution in [2.45, 2.75) is 42.1 Å². The van der Waals surface area contributed by atoms with Gasteiger partial charge in [0.15, 0.2) is 10.3 Å². The molecule has 0 spiro atoms. The van der Waals surface area contributed by atoms with Gasteiger partial charge in [0.05, 0.1) is 12.9 Å². The van der Waals surface area contributed by atoms with Crippen LogP contribution in [-0.4, -0.2) is 43.1 Å². The molecule has 0 aliphatic rings. The molecule has 2 aromatic heterocycles. The second kappa shape index (κ2) is 9.60. The Labute approximate surface area is 182 Å². The number of rotatable bonds is 7. The highest BCUT2D eigenvalue weighted by Crippen LogP contribution is 2.29. The summed E-state index contributed by atoms with van der Waals surface area (Å²) in [6, 6.07) is 9.32. The van der Waals surface area contributed by atoms with Crippen LogP contribution in [0, 0.1) is 13.8 Å². The van der Waals surface area contributed by atoms with Crippen LogP contribution in [0.5, 0.6) is 0 Å². The van der Waals surface area contributed by atoms with E-state index in [1.807, 2.05) is 36.6 Å². The van der Waals surface area contributed by atoms with E-state index in [4.69, 9.17) is 16.3 Å². The number of nitrogens with zero attached hydrogens (tertiary/aromatic N) is 5. The molecular weight excluding hydrogens is 430 g/mol. The van der Waals surface area contributed by atoms with Crippen molar-refractivity contribution in [2.75, 3.05) is 7.11 Å². The van der Waals surface area contributed by atoms with E-state index in [1.165, 1.54) is 30.6 Å². The molecule has 3 rings (SSSR count). The van der Waals surface area contributed by atoms with Crippen LogP contribution in [-0.2, 0) is 15.3 Å². The number of hydrogen-bond acceptors (Lipinski definition) is 8. The summed E-state index contributed by atoms with van der Waals surface area (Å²) in [5, 5.41) is 10.1. The highest BCUT2D eigenvalue weighted by molar-refractivity contribution is 8.00. The van der Waals surface area contributed by atoms with Crippen molar-refractivity contribution in [2.24, 2.45) is 0 Å². The second-order valence-corrected chi connectivity index (χ2v) is 8.90. The summed E-state index contributed by atoms with van der Waals surface area (Å²) < 4.78 is 6.74. The van der Waals surface area contributed by atoms with Crippen LogP contribution in [0.1, 0.15) is 24.1 Å². The molecule has 0 unspecified atom stereocenters. The number of methoxy groups -OCH3 is 1. The Morgan fingerprint density at radius 2 is 1.83 bits per heavy atom. The molecule has 29 heavy (non-hydrogen) atoms. The maximum atomic E-state index is 11.9. The molecule has 3 aromatic rings. The Hall–Kier alpha value is -2.10. The smallest absolute Gasteiger partial charge is 0.318 e. The summed E-state index contributed by atoms with van der Waals surface area (Å²) >= 11 is 8.82. The molecule has 0 N–H and O–H groups in total. The largest absolute Gasteiger partial charge is 0.468 e. The van der Waals surface area contributed by atoms with E-state index in [1.54, 1.807) is 19.1 Å². The SMILES string of the molecule is COC(=O)[C@H](C)Sc1nnc(CSc2nc(C)cc(C)n2)n1-c1ccc(Cl)cc1. The van der Waals surface area contributed by atoms with Gasteiger partial charge < -0.3 is 4.74 Å². The van der Waals surface area contributed by atoms with Crippen molar-refractivity contribution < 1.29 is 9.53 Å². The molecule has 0 aliphatic carbocycles. The minimum absolute atomic E-state index is 0.319. The molecule has 1 aromatic carbocycles. The van der Waals surface area contributed by atoms with Gasteiger partial charge in [-0.3, -0.25) is 9.36 Å². The van der Waals surface area contributed by atoms with E-state index in [9.17, 15) is 4.79 Å². The van der Waals surface area contributed by atoms with E-state index in [0.717, 1.165) is 22.9 Å². The highest BCUT2D eigenvalue weighted by Gasteiger charge is 2.22. The molecular formula is C19H20ClN5O2S2. The lowest BCUT2D eigenvalue weighted by atomic mass is 10.3. The zero-order chi connectivity index (χ0) is 21.0. The van der Waals surface area contributed by atoms with Gasteiger partial charge in [0.1, 0.15) is 11.1 Å². The van der Waals surface area contributed by atoms with Gasteiger partial charge in [-0.05, 0) is 51.1 Å². The minimum atomic E-state index is -0.418. The van der Waals surface area contributed by atoms with E-state index >= 15 is 0 Å². The number of thioether (sulfide) groups is 2. The predicted octanol–water partition coefficient (Wildman–Crippen LogP) is 4.27. The van der Waals surface area contributed by atoms with E-state index in [-0.39, 0.29) is 5.97 Å². The maximum Gasteiger partial charge on any atom is 0.318 e. The molecule has 0 amide bonds. The Morgan fingerprint density at radius 3 is 2.45 bits per heavy atom. The lowest BCUT2D eigenvalue weighted by molar-refractivity contribution is -0.139. The summed E-state index contributed by atoms with van der Waals surface area (Å²) in [4.78, 5) is 20.8. The Bertz CT molecular complexity index is 990. The quantitative estimate of drug-likeness (QED) is 0.300. The van der Waals surface area contributed by atoms with Crippen molar-refractivity contribution in [3.63, 3.8) is 0 Å². The third kappa shape index (κ3) is 5.49. The molecule has 7 nitrogen and oxygen atoms in total. The van der Waals surface area contributed by atoms with Crippen LogP contribution >= 0.6 is 35.1 Å². The number of aromatic nitrogens is 5. The lowest BCUT2D eigenvalue weighted by Crippen LogP contribution is -2.15. The molecule has 152 valence electrons. The normalized spacial score (nSPS) is 12.0. The van der Waals surface area contributed by atoms with Crippen LogP contribution in [0.3, 0.4) is 0 Å². The van der Waals surface area contributed by atoms with Crippen molar-refractivity contribution in [1.82, 2.24) is 24.7 Å². The number of carbonyl (C=O) groups excluding carboxylic acids is 1. The first-order valence-electron chi connectivity index (χ1n) is 8.77. The third-order valence-electron chi connectivity index (χ3n) is 3.89. The summed E-state index contributed by atoms with van der Waals surface area (Å²) in [7, 11) is 1.37. The zero-order valence-corrected chi connectivity index (χ0v) is 18.8. The van der Waals surface area contributed by atoms with Crippen LogP contribution in [0.15, 0.2) is 40.6 Å². The van der Waals surface area contributed by atoms with Gasteiger partial charge in [-0.2, -0.15) is 0 Å². The van der Waals surface area contributed by atoms with Crippen molar-refractivity contribution in [3.8, 4) is 5.69 Å². The standard InChI is InChI=1S/C19H20ClN5O2S2/c1-11-9-12(2)22-18(21-11)28-10-16-23-24-19(29-13(3)17(26)27-4)25(16)15-7-5-14(20)6-8-15/h5-9,13H,10H2,1-4H3/t13-/m0/s1. The number of aryl methyl sites for hydroxylation is 2. The average Bonchev–Trinajstić information content (AvgIpc) is 3.08. The first kappa shape index (κ1) is 21.6. The van der Waals surface area contributed by atoms with Gasteiger partial charge in [-0.15, -0.1) is 10.2 Å². The molecule has 0 saturated heterocycles. The zero-order valence-electron chi connectivity index (χ0n) is 16.4. The van der Waals surface area contributed by atoms with Gasteiger partial charge >= 0.3 is 5.97 Å². The van der Waals surface area contributed by atoms with Crippen LogP contribution in [0.4, 0.5) is 0 Å². The van der Waals surface area contributed by atoms with Crippen molar-refractivity contribution >= 4 is 41.1 Å². The molecule has 0 fully saturated rings. The number of hydrogen-bond donors (Lipinski definition) is 0. The molecule has 0 saturated carbocycles. The Morgan fingerprint density at radius 1 is 1.17 bits per heavy atom. The van der Waals surface area contributed by atoms with Crippen molar-refractivity contribution in [1.29, 1.82) is 0 Å². The maximum absolute atomic E-state index is 11.9. The Balaban J connectivity index is 1.91. The lowest BCUT2D eigenvalue weighted by Gasteiger charge is -2.12. The monoisotopic (exact) mass is 449 g/mol. The molecule has 0 bridgehead atoms.